The molecular weight excluding hydrogens is 438 g/mol. The van der Waals surface area contributed by atoms with E-state index in [0.717, 1.165) is 33.5 Å². The summed E-state index contributed by atoms with van der Waals surface area (Å²) in [5, 5.41) is 3.36. The van der Waals surface area contributed by atoms with Gasteiger partial charge in [0.2, 0.25) is 5.95 Å². The Hall–Kier alpha value is -3.84. The molecule has 5 aromatic rings. The van der Waals surface area contributed by atoms with Crippen molar-refractivity contribution in [3.63, 3.8) is 0 Å². The van der Waals surface area contributed by atoms with Gasteiger partial charge in [-0.3, -0.25) is 10.1 Å². The summed E-state index contributed by atoms with van der Waals surface area (Å²) >= 11 is 6.40. The average Bonchev–Trinajstić information content (AvgIpc) is 3.39. The van der Waals surface area contributed by atoms with Crippen LogP contribution in [0.1, 0.15) is 30.0 Å². The average molecular weight is 460 g/mol. The maximum atomic E-state index is 12.7. The quantitative estimate of drug-likeness (QED) is 0.344. The highest BCUT2D eigenvalue weighted by Gasteiger charge is 2.14. The van der Waals surface area contributed by atoms with Crippen LogP contribution in [-0.2, 0) is 0 Å². The van der Waals surface area contributed by atoms with Gasteiger partial charge in [0, 0.05) is 11.9 Å². The molecule has 7 nitrogen and oxygen atoms in total. The molecule has 0 aliphatic heterocycles. The predicted octanol–water partition coefficient (Wildman–Crippen LogP) is 5.88. The van der Waals surface area contributed by atoms with Gasteiger partial charge in [0.1, 0.15) is 17.1 Å². The number of nitrogens with one attached hydrogen (secondary N) is 2. The highest BCUT2D eigenvalue weighted by molar-refractivity contribution is 6.32. The molecule has 3 heterocycles. The number of benzene rings is 2. The van der Waals surface area contributed by atoms with E-state index in [0.29, 0.717) is 22.4 Å². The first-order valence-corrected chi connectivity index (χ1v) is 11.0. The van der Waals surface area contributed by atoms with E-state index in [1.54, 1.807) is 6.20 Å². The van der Waals surface area contributed by atoms with Crippen molar-refractivity contribution in [2.45, 2.75) is 26.9 Å². The molecule has 0 aliphatic rings. The van der Waals surface area contributed by atoms with E-state index < -0.39 is 0 Å². The molecule has 0 saturated heterocycles. The van der Waals surface area contributed by atoms with Crippen LogP contribution in [0.4, 0.5) is 5.95 Å². The van der Waals surface area contributed by atoms with Crippen LogP contribution in [-0.4, -0.2) is 31.4 Å². The first kappa shape index (κ1) is 21.0. The van der Waals surface area contributed by atoms with Crippen molar-refractivity contribution in [3.8, 4) is 16.9 Å². The van der Waals surface area contributed by atoms with Gasteiger partial charge in [0.15, 0.2) is 0 Å². The number of hydrogen-bond acceptors (Lipinski definition) is 4. The Labute approximate surface area is 195 Å². The molecule has 0 unspecified atom stereocenters. The molecule has 0 fully saturated rings. The molecule has 2 aromatic carbocycles. The van der Waals surface area contributed by atoms with Gasteiger partial charge in [-0.2, -0.15) is 0 Å². The summed E-state index contributed by atoms with van der Waals surface area (Å²) in [5.74, 6) is 0.688. The number of anilines is 1. The molecule has 0 aliphatic carbocycles. The van der Waals surface area contributed by atoms with Crippen molar-refractivity contribution < 1.29 is 9.53 Å². The molecule has 166 valence electrons. The Morgan fingerprint density at radius 3 is 2.64 bits per heavy atom. The summed E-state index contributed by atoms with van der Waals surface area (Å²) in [6.07, 6.45) is 1.77. The molecule has 0 bridgehead atoms. The summed E-state index contributed by atoms with van der Waals surface area (Å²) < 4.78 is 7.59. The number of aromatic nitrogens is 4. The fourth-order valence-electron chi connectivity index (χ4n) is 3.70. The van der Waals surface area contributed by atoms with Gasteiger partial charge in [0.25, 0.3) is 5.91 Å². The molecule has 0 spiro atoms. The van der Waals surface area contributed by atoms with Crippen LogP contribution >= 0.6 is 11.6 Å². The first-order valence-electron chi connectivity index (χ1n) is 10.6. The minimum Gasteiger partial charge on any atom is -0.489 e. The number of pyridine rings is 1. The van der Waals surface area contributed by atoms with Crippen molar-refractivity contribution in [3.05, 3.63) is 77.2 Å². The van der Waals surface area contributed by atoms with Crippen LogP contribution in [0.15, 0.2) is 60.8 Å². The third kappa shape index (κ3) is 4.15. The minimum absolute atomic E-state index is 0.0481. The van der Waals surface area contributed by atoms with Crippen LogP contribution in [0.2, 0.25) is 5.02 Å². The largest absolute Gasteiger partial charge is 0.489 e. The minimum atomic E-state index is -0.329. The van der Waals surface area contributed by atoms with E-state index in [-0.39, 0.29) is 12.0 Å². The van der Waals surface area contributed by atoms with Crippen LogP contribution in [0, 0.1) is 6.92 Å². The van der Waals surface area contributed by atoms with Gasteiger partial charge >= 0.3 is 0 Å². The summed E-state index contributed by atoms with van der Waals surface area (Å²) in [6, 6.07) is 17.3. The van der Waals surface area contributed by atoms with Crippen LogP contribution < -0.4 is 10.1 Å². The first-order chi connectivity index (χ1) is 15.9. The molecule has 0 radical (unpaired) electrons. The number of ether oxygens (including phenoxy) is 1. The Morgan fingerprint density at radius 2 is 1.88 bits per heavy atom. The summed E-state index contributed by atoms with van der Waals surface area (Å²) in [5.41, 5.74) is 5.49. The molecule has 0 atom stereocenters. The lowest BCUT2D eigenvalue weighted by Gasteiger charge is -2.12. The number of carbonyl (C=O) groups excluding carboxylic acids is 1. The lowest BCUT2D eigenvalue weighted by atomic mass is 10.1. The Morgan fingerprint density at radius 1 is 1.09 bits per heavy atom. The maximum absolute atomic E-state index is 12.7. The topological polar surface area (TPSA) is 84.3 Å². The van der Waals surface area contributed by atoms with Gasteiger partial charge in [-0.05, 0) is 68.3 Å². The molecule has 5 rings (SSSR count). The number of rotatable bonds is 5. The maximum Gasteiger partial charge on any atom is 0.278 e. The number of H-pyrrole nitrogens is 1. The Balaban J connectivity index is 1.39. The second kappa shape index (κ2) is 8.26. The van der Waals surface area contributed by atoms with Crippen molar-refractivity contribution in [1.29, 1.82) is 0 Å². The van der Waals surface area contributed by atoms with E-state index >= 15 is 0 Å². The van der Waals surface area contributed by atoms with Crippen LogP contribution in [0.3, 0.4) is 0 Å². The van der Waals surface area contributed by atoms with Crippen LogP contribution in [0.25, 0.3) is 27.8 Å². The number of aryl methyl sites for hydroxylation is 1. The number of aromatic amines is 1. The van der Waals surface area contributed by atoms with Crippen molar-refractivity contribution in [2.75, 3.05) is 5.32 Å². The second-order valence-corrected chi connectivity index (χ2v) is 8.51. The highest BCUT2D eigenvalue weighted by atomic mass is 35.5. The van der Waals surface area contributed by atoms with Gasteiger partial charge in [-0.1, -0.05) is 29.8 Å². The van der Waals surface area contributed by atoms with E-state index in [2.05, 4.69) is 20.3 Å². The SMILES string of the molecule is Cc1cccc2nc(C(=O)Nc3nc4cc(-c5ccc(OC(C)C)c(Cl)c5)ccc4[nH]3)cn12. The van der Waals surface area contributed by atoms with Gasteiger partial charge < -0.3 is 14.1 Å². The zero-order valence-electron chi connectivity index (χ0n) is 18.4. The lowest BCUT2D eigenvalue weighted by Crippen LogP contribution is -2.13. The lowest BCUT2D eigenvalue weighted by molar-refractivity contribution is 0.102. The third-order valence-electron chi connectivity index (χ3n) is 5.27. The number of fused-ring (bicyclic) bond motifs is 2. The second-order valence-electron chi connectivity index (χ2n) is 8.10. The molecular formula is C25H22ClN5O2. The standard InChI is InChI=1S/C25H22ClN5O2/c1-14(2)33-22-10-8-16(11-18(22)26)17-7-9-19-20(12-17)29-25(28-19)30-24(32)21-13-31-15(3)5-4-6-23(31)27-21/h4-14H,1-3H3,(H2,28,29,30,32). The predicted molar refractivity (Wildman–Crippen MR) is 130 cm³/mol. The van der Waals surface area contributed by atoms with E-state index in [1.807, 2.05) is 79.8 Å². The number of halogens is 1. The van der Waals surface area contributed by atoms with Crippen molar-refractivity contribution >= 4 is 40.1 Å². The molecule has 3 aromatic heterocycles. The summed E-state index contributed by atoms with van der Waals surface area (Å²) in [7, 11) is 0. The Kier molecular flexibility index (Phi) is 5.26. The fourth-order valence-corrected chi connectivity index (χ4v) is 3.93. The Bertz CT molecular complexity index is 1500. The number of amides is 1. The van der Waals surface area contributed by atoms with Crippen LogP contribution in [0.5, 0.6) is 5.75 Å². The molecule has 0 saturated carbocycles. The summed E-state index contributed by atoms with van der Waals surface area (Å²) in [6.45, 7) is 5.88. The highest BCUT2D eigenvalue weighted by Crippen LogP contribution is 2.32. The van der Waals surface area contributed by atoms with Gasteiger partial charge in [-0.15, -0.1) is 0 Å². The molecule has 33 heavy (non-hydrogen) atoms. The van der Waals surface area contributed by atoms with Gasteiger partial charge in [-0.25, -0.2) is 9.97 Å². The van der Waals surface area contributed by atoms with Crippen molar-refractivity contribution in [1.82, 2.24) is 19.4 Å². The zero-order chi connectivity index (χ0) is 23.1. The number of hydrogen-bond donors (Lipinski definition) is 2. The number of carbonyl (C=O) groups is 1. The monoisotopic (exact) mass is 459 g/mol. The zero-order valence-corrected chi connectivity index (χ0v) is 19.1. The molecule has 1 amide bonds. The third-order valence-corrected chi connectivity index (χ3v) is 5.57. The normalized spacial score (nSPS) is 11.4. The number of nitrogens with zero attached hydrogens (tertiary/aromatic N) is 3. The van der Waals surface area contributed by atoms with Crippen molar-refractivity contribution in [2.24, 2.45) is 0 Å². The van der Waals surface area contributed by atoms with E-state index in [4.69, 9.17) is 16.3 Å². The fraction of sp³-hybridized carbons (Fsp3) is 0.160. The van der Waals surface area contributed by atoms with E-state index in [1.165, 1.54) is 0 Å². The van der Waals surface area contributed by atoms with Gasteiger partial charge in [0.05, 0.1) is 22.2 Å². The summed E-state index contributed by atoms with van der Waals surface area (Å²) in [4.78, 5) is 24.8. The molecule has 2 N–H and O–H groups in total. The van der Waals surface area contributed by atoms with E-state index in [9.17, 15) is 4.79 Å². The molecule has 8 heteroatoms. The smallest absolute Gasteiger partial charge is 0.278 e. The number of imidazole rings is 2.